The maximum absolute atomic E-state index is 6.14. The molecule has 6 nitrogen and oxygen atoms in total. The van der Waals surface area contributed by atoms with Gasteiger partial charge >= 0.3 is 0 Å². The molecule has 0 aromatic carbocycles. The van der Waals surface area contributed by atoms with Crippen molar-refractivity contribution in [1.82, 2.24) is 14.7 Å². The molecule has 20 heavy (non-hydrogen) atoms. The highest BCUT2D eigenvalue weighted by Gasteiger charge is 2.38. The Bertz CT molecular complexity index is 530. The van der Waals surface area contributed by atoms with E-state index in [9.17, 15) is 0 Å². The molecule has 2 N–H and O–H groups in total. The third kappa shape index (κ3) is 1.94. The number of rotatable bonds is 3. The lowest BCUT2D eigenvalue weighted by Crippen LogP contribution is -2.42. The lowest BCUT2D eigenvalue weighted by atomic mass is 10.0. The fourth-order valence-electron chi connectivity index (χ4n) is 3.64. The molecule has 0 radical (unpaired) electrons. The van der Waals surface area contributed by atoms with Gasteiger partial charge in [-0.1, -0.05) is 12.8 Å². The van der Waals surface area contributed by atoms with E-state index < -0.39 is 0 Å². The van der Waals surface area contributed by atoms with Crippen molar-refractivity contribution in [2.45, 2.75) is 44.7 Å². The normalized spacial score (nSPS) is 23.4. The van der Waals surface area contributed by atoms with Crippen LogP contribution in [0.2, 0.25) is 0 Å². The molecule has 2 aliphatic rings. The molecule has 1 saturated carbocycles. The summed E-state index contributed by atoms with van der Waals surface area (Å²) in [5.41, 5.74) is 8.28. The summed E-state index contributed by atoms with van der Waals surface area (Å²) in [6.45, 7) is 2.73. The fraction of sp³-hybridized carbons (Fsp3) is 0.714. The second kappa shape index (κ2) is 5.00. The highest BCUT2D eigenvalue weighted by atomic mass is 16.5. The van der Waals surface area contributed by atoms with E-state index in [-0.39, 0.29) is 6.04 Å². The third-order valence-electron chi connectivity index (χ3n) is 4.49. The molecule has 6 heteroatoms. The van der Waals surface area contributed by atoms with Crippen LogP contribution in [0.25, 0.3) is 0 Å². The van der Waals surface area contributed by atoms with E-state index >= 15 is 0 Å². The molecule has 0 spiro atoms. The lowest BCUT2D eigenvalue weighted by molar-refractivity contribution is 0.254. The van der Waals surface area contributed by atoms with E-state index in [1.165, 1.54) is 25.7 Å². The number of aromatic nitrogens is 2. The van der Waals surface area contributed by atoms with Gasteiger partial charge in [0.25, 0.3) is 0 Å². The van der Waals surface area contributed by atoms with Crippen LogP contribution in [-0.2, 0) is 7.05 Å². The molecule has 1 fully saturated rings. The molecular formula is C14H23N5O. The topological polar surface area (TPSA) is 68.7 Å². The van der Waals surface area contributed by atoms with Crippen LogP contribution >= 0.6 is 0 Å². The zero-order valence-electron chi connectivity index (χ0n) is 12.5. The SMILES string of the molecule is COc1c(C2CN=C(N)N2C2CCCC2)c(C)nn1C. The van der Waals surface area contributed by atoms with E-state index in [1.54, 1.807) is 11.8 Å². The number of aliphatic imine (C=N–C) groups is 1. The third-order valence-corrected chi connectivity index (χ3v) is 4.49. The Kier molecular flexibility index (Phi) is 3.31. The monoisotopic (exact) mass is 277 g/mol. The van der Waals surface area contributed by atoms with E-state index in [1.807, 2.05) is 14.0 Å². The van der Waals surface area contributed by atoms with Crippen LogP contribution in [0.3, 0.4) is 0 Å². The Morgan fingerprint density at radius 2 is 2.00 bits per heavy atom. The highest BCUT2D eigenvalue weighted by molar-refractivity contribution is 5.81. The molecule has 1 atom stereocenters. The zero-order valence-corrected chi connectivity index (χ0v) is 12.5. The summed E-state index contributed by atoms with van der Waals surface area (Å²) in [7, 11) is 3.60. The summed E-state index contributed by atoms with van der Waals surface area (Å²) >= 11 is 0. The van der Waals surface area contributed by atoms with Crippen LogP contribution in [0.15, 0.2) is 4.99 Å². The number of ether oxygens (including phenoxy) is 1. The van der Waals surface area contributed by atoms with Crippen molar-refractivity contribution in [3.8, 4) is 5.88 Å². The Balaban J connectivity index is 1.97. The van der Waals surface area contributed by atoms with Gasteiger partial charge in [0, 0.05) is 13.1 Å². The molecule has 2 heterocycles. The van der Waals surface area contributed by atoms with E-state index in [2.05, 4.69) is 15.0 Å². The Hall–Kier alpha value is -1.72. The maximum atomic E-state index is 6.14. The number of hydrogen-bond donors (Lipinski definition) is 1. The molecule has 110 valence electrons. The van der Waals surface area contributed by atoms with Crippen molar-refractivity contribution >= 4 is 5.96 Å². The summed E-state index contributed by atoms with van der Waals surface area (Å²) in [6.07, 6.45) is 4.97. The molecule has 1 unspecified atom stereocenters. The average molecular weight is 277 g/mol. The number of nitrogens with zero attached hydrogens (tertiary/aromatic N) is 4. The van der Waals surface area contributed by atoms with Gasteiger partial charge in [-0.3, -0.25) is 4.99 Å². The Labute approximate surface area is 119 Å². The molecule has 1 aliphatic carbocycles. The predicted molar refractivity (Wildman–Crippen MR) is 77.8 cm³/mol. The van der Waals surface area contributed by atoms with Gasteiger partial charge < -0.3 is 15.4 Å². The first kappa shape index (κ1) is 13.3. The molecule has 3 rings (SSSR count). The van der Waals surface area contributed by atoms with Crippen LogP contribution < -0.4 is 10.5 Å². The highest BCUT2D eigenvalue weighted by Crippen LogP contribution is 2.38. The number of methoxy groups -OCH3 is 1. The van der Waals surface area contributed by atoms with Gasteiger partial charge in [-0.15, -0.1) is 0 Å². The summed E-state index contributed by atoms with van der Waals surface area (Å²) < 4.78 is 7.34. The number of guanidine groups is 1. The standard InChI is InChI=1S/C14H23N5O/c1-9-12(13(20-3)18(2)17-9)11-8-16-14(15)19(11)10-6-4-5-7-10/h10-11H,4-8H2,1-3H3,(H2,15,16). The van der Waals surface area contributed by atoms with Crippen molar-refractivity contribution in [2.75, 3.05) is 13.7 Å². The second-order valence-electron chi connectivity index (χ2n) is 5.69. The van der Waals surface area contributed by atoms with Crippen molar-refractivity contribution in [2.24, 2.45) is 17.8 Å². The van der Waals surface area contributed by atoms with Crippen molar-refractivity contribution in [3.63, 3.8) is 0 Å². The number of nitrogens with two attached hydrogens (primary N) is 1. The van der Waals surface area contributed by atoms with Crippen LogP contribution in [-0.4, -0.2) is 40.3 Å². The summed E-state index contributed by atoms with van der Waals surface area (Å²) in [5, 5.41) is 4.49. The zero-order chi connectivity index (χ0) is 14.3. The molecule has 1 aliphatic heterocycles. The summed E-state index contributed by atoms with van der Waals surface area (Å²) in [6, 6.07) is 0.678. The number of aryl methyl sites for hydroxylation is 2. The first-order valence-corrected chi connectivity index (χ1v) is 7.29. The maximum Gasteiger partial charge on any atom is 0.216 e. The minimum Gasteiger partial charge on any atom is -0.481 e. The molecular weight excluding hydrogens is 254 g/mol. The minimum absolute atomic E-state index is 0.168. The van der Waals surface area contributed by atoms with Gasteiger partial charge in [-0.2, -0.15) is 5.10 Å². The van der Waals surface area contributed by atoms with Crippen LogP contribution in [0.4, 0.5) is 0 Å². The average Bonchev–Trinajstić information content (AvgIpc) is 3.08. The fourth-order valence-corrected chi connectivity index (χ4v) is 3.64. The van der Waals surface area contributed by atoms with Crippen LogP contribution in [0, 0.1) is 6.92 Å². The lowest BCUT2D eigenvalue weighted by Gasteiger charge is -2.32. The Morgan fingerprint density at radius 3 is 2.65 bits per heavy atom. The van der Waals surface area contributed by atoms with E-state index in [0.717, 1.165) is 17.1 Å². The van der Waals surface area contributed by atoms with Crippen LogP contribution in [0.1, 0.15) is 43.0 Å². The van der Waals surface area contributed by atoms with Gasteiger partial charge in [0.15, 0.2) is 5.96 Å². The smallest absolute Gasteiger partial charge is 0.216 e. The molecule has 1 aromatic rings. The summed E-state index contributed by atoms with van der Waals surface area (Å²) in [5.74, 6) is 1.49. The van der Waals surface area contributed by atoms with Crippen molar-refractivity contribution in [3.05, 3.63) is 11.3 Å². The van der Waals surface area contributed by atoms with Gasteiger partial charge in [-0.25, -0.2) is 4.68 Å². The first-order chi connectivity index (χ1) is 9.63. The van der Waals surface area contributed by atoms with Gasteiger partial charge in [0.2, 0.25) is 5.88 Å². The minimum atomic E-state index is 0.168. The molecule has 0 saturated heterocycles. The van der Waals surface area contributed by atoms with Crippen LogP contribution in [0.5, 0.6) is 5.88 Å². The predicted octanol–water partition coefficient (Wildman–Crippen LogP) is 1.35. The molecule has 1 aromatic heterocycles. The molecule has 0 bridgehead atoms. The quantitative estimate of drug-likeness (QED) is 0.905. The van der Waals surface area contributed by atoms with Gasteiger partial charge in [0.1, 0.15) is 0 Å². The van der Waals surface area contributed by atoms with Gasteiger partial charge in [0.05, 0.1) is 31.0 Å². The summed E-state index contributed by atoms with van der Waals surface area (Å²) in [4.78, 5) is 6.76. The largest absolute Gasteiger partial charge is 0.481 e. The van der Waals surface area contributed by atoms with E-state index in [0.29, 0.717) is 18.5 Å². The molecule has 0 amide bonds. The van der Waals surface area contributed by atoms with Crippen molar-refractivity contribution < 1.29 is 4.74 Å². The van der Waals surface area contributed by atoms with Gasteiger partial charge in [-0.05, 0) is 19.8 Å². The van der Waals surface area contributed by atoms with Crippen molar-refractivity contribution in [1.29, 1.82) is 0 Å². The van der Waals surface area contributed by atoms with E-state index in [4.69, 9.17) is 10.5 Å². The Morgan fingerprint density at radius 1 is 1.30 bits per heavy atom. The first-order valence-electron chi connectivity index (χ1n) is 7.29. The second-order valence-corrected chi connectivity index (χ2v) is 5.69. The number of hydrogen-bond acceptors (Lipinski definition) is 5.